The molecule has 122 valence electrons. The molecule has 1 saturated carbocycles. The smallest absolute Gasteiger partial charge is 0.329 e. The predicted octanol–water partition coefficient (Wildman–Crippen LogP) is 1.08. The Morgan fingerprint density at radius 2 is 1.76 bits per heavy atom. The van der Waals surface area contributed by atoms with Crippen LogP contribution >= 0.6 is 0 Å². The number of carboxylic acid groups (broad SMARTS) is 1. The third-order valence-corrected chi connectivity index (χ3v) is 3.84. The molecule has 7 heteroatoms. The number of carboxylic acids is 1. The van der Waals surface area contributed by atoms with E-state index in [1.807, 2.05) is 0 Å². The number of aliphatic carboxylic acids is 1. The summed E-state index contributed by atoms with van der Waals surface area (Å²) in [4.78, 5) is 25.4. The highest BCUT2D eigenvalue weighted by Gasteiger charge is 2.43. The Balaban J connectivity index is 2.62. The van der Waals surface area contributed by atoms with Crippen LogP contribution in [0.5, 0.6) is 0 Å². The number of ether oxygens (including phenoxy) is 2. The van der Waals surface area contributed by atoms with Crippen LogP contribution in [0.3, 0.4) is 0 Å². The van der Waals surface area contributed by atoms with Gasteiger partial charge in [0.2, 0.25) is 0 Å². The maximum atomic E-state index is 12.4. The lowest BCUT2D eigenvalue weighted by molar-refractivity contribution is -0.144. The Morgan fingerprint density at radius 3 is 2.29 bits per heavy atom. The number of hydrogen-bond donors (Lipinski definition) is 2. The predicted molar refractivity (Wildman–Crippen MR) is 77.3 cm³/mol. The number of methoxy groups -OCH3 is 2. The Labute approximate surface area is 125 Å². The molecular formula is C14H26N2O5. The first-order chi connectivity index (χ1) is 10.1. The Hall–Kier alpha value is -1.34. The minimum absolute atomic E-state index is 0.340. The Morgan fingerprint density at radius 1 is 1.14 bits per heavy atom. The maximum absolute atomic E-state index is 12.4. The highest BCUT2D eigenvalue weighted by Crippen LogP contribution is 2.30. The topological polar surface area (TPSA) is 88.1 Å². The molecule has 1 rings (SSSR count). The summed E-state index contributed by atoms with van der Waals surface area (Å²) < 4.78 is 9.99. The molecule has 2 N–H and O–H groups in total. The van der Waals surface area contributed by atoms with E-state index in [1.165, 1.54) is 0 Å². The van der Waals surface area contributed by atoms with E-state index in [9.17, 15) is 14.7 Å². The van der Waals surface area contributed by atoms with E-state index in [-0.39, 0.29) is 6.03 Å². The lowest BCUT2D eigenvalue weighted by atomic mass is 9.98. The minimum Gasteiger partial charge on any atom is -0.480 e. The van der Waals surface area contributed by atoms with Crippen LogP contribution in [0.25, 0.3) is 0 Å². The SMILES string of the molecule is COCCCN(CCOC)C(=O)NC1(C(=O)O)CCCC1. The lowest BCUT2D eigenvalue weighted by Crippen LogP contribution is -2.57. The molecular weight excluding hydrogens is 276 g/mol. The van der Waals surface area contributed by atoms with Crippen LogP contribution in [0.15, 0.2) is 0 Å². The standard InChI is InChI=1S/C14H26N2O5/c1-20-10-5-8-16(9-11-21-2)13(19)15-14(12(17)18)6-3-4-7-14/h3-11H2,1-2H3,(H,15,19)(H,17,18). The van der Waals surface area contributed by atoms with E-state index in [4.69, 9.17) is 9.47 Å². The van der Waals surface area contributed by atoms with Gasteiger partial charge in [-0.05, 0) is 19.3 Å². The van der Waals surface area contributed by atoms with E-state index < -0.39 is 11.5 Å². The van der Waals surface area contributed by atoms with Gasteiger partial charge in [0.25, 0.3) is 0 Å². The fraction of sp³-hybridized carbons (Fsp3) is 0.857. The fourth-order valence-electron chi connectivity index (χ4n) is 2.57. The second-order valence-electron chi connectivity index (χ2n) is 5.35. The van der Waals surface area contributed by atoms with Gasteiger partial charge in [0, 0.05) is 33.9 Å². The van der Waals surface area contributed by atoms with Crippen molar-refractivity contribution < 1.29 is 24.2 Å². The second kappa shape index (κ2) is 8.84. The number of carbonyl (C=O) groups is 2. The zero-order chi connectivity index (χ0) is 15.7. The molecule has 1 aliphatic carbocycles. The van der Waals surface area contributed by atoms with Crippen LogP contribution in [-0.2, 0) is 14.3 Å². The van der Waals surface area contributed by atoms with Crippen LogP contribution in [0.1, 0.15) is 32.1 Å². The van der Waals surface area contributed by atoms with Gasteiger partial charge in [-0.2, -0.15) is 0 Å². The van der Waals surface area contributed by atoms with Crippen LogP contribution in [0, 0.1) is 0 Å². The number of hydrogen-bond acceptors (Lipinski definition) is 4. The van der Waals surface area contributed by atoms with E-state index in [1.54, 1.807) is 19.1 Å². The molecule has 0 radical (unpaired) electrons. The number of rotatable bonds is 9. The van der Waals surface area contributed by atoms with Crippen LogP contribution in [-0.4, -0.2) is 68.1 Å². The molecule has 21 heavy (non-hydrogen) atoms. The summed E-state index contributed by atoms with van der Waals surface area (Å²) in [5, 5.41) is 12.1. The van der Waals surface area contributed by atoms with Crippen molar-refractivity contribution >= 4 is 12.0 Å². The van der Waals surface area contributed by atoms with Gasteiger partial charge in [-0.3, -0.25) is 0 Å². The van der Waals surface area contributed by atoms with E-state index in [2.05, 4.69) is 5.32 Å². The summed E-state index contributed by atoms with van der Waals surface area (Å²) in [5.74, 6) is -0.947. The van der Waals surface area contributed by atoms with Crippen molar-refractivity contribution in [3.05, 3.63) is 0 Å². The van der Waals surface area contributed by atoms with Gasteiger partial charge in [-0.25, -0.2) is 9.59 Å². The van der Waals surface area contributed by atoms with Crippen LogP contribution < -0.4 is 5.32 Å². The molecule has 2 amide bonds. The normalized spacial score (nSPS) is 16.7. The summed E-state index contributed by atoms with van der Waals surface area (Å²) in [6, 6.07) is -0.340. The van der Waals surface area contributed by atoms with Crippen molar-refractivity contribution in [2.24, 2.45) is 0 Å². The molecule has 1 aliphatic rings. The molecule has 0 aromatic carbocycles. The van der Waals surface area contributed by atoms with Crippen LogP contribution in [0.2, 0.25) is 0 Å². The molecule has 0 spiro atoms. The number of nitrogens with zero attached hydrogens (tertiary/aromatic N) is 1. The third kappa shape index (κ3) is 5.17. The zero-order valence-corrected chi connectivity index (χ0v) is 12.9. The van der Waals surface area contributed by atoms with Crippen molar-refractivity contribution in [1.29, 1.82) is 0 Å². The monoisotopic (exact) mass is 302 g/mol. The lowest BCUT2D eigenvalue weighted by Gasteiger charge is -2.30. The van der Waals surface area contributed by atoms with E-state index in [0.717, 1.165) is 12.8 Å². The van der Waals surface area contributed by atoms with E-state index >= 15 is 0 Å². The second-order valence-corrected chi connectivity index (χ2v) is 5.35. The van der Waals surface area contributed by atoms with Crippen LogP contribution in [0.4, 0.5) is 4.79 Å². The first-order valence-corrected chi connectivity index (χ1v) is 7.34. The number of nitrogens with one attached hydrogen (secondary N) is 1. The van der Waals surface area contributed by atoms with Crippen molar-refractivity contribution in [2.45, 2.75) is 37.6 Å². The molecule has 0 aliphatic heterocycles. The Bertz CT molecular complexity index is 342. The summed E-state index contributed by atoms with van der Waals surface area (Å²) in [6.07, 6.45) is 3.34. The fourth-order valence-corrected chi connectivity index (χ4v) is 2.57. The van der Waals surface area contributed by atoms with Crippen molar-refractivity contribution in [3.8, 4) is 0 Å². The van der Waals surface area contributed by atoms with Crippen molar-refractivity contribution in [2.75, 3.05) is 40.5 Å². The quantitative estimate of drug-likeness (QED) is 0.622. The highest BCUT2D eigenvalue weighted by atomic mass is 16.5. The molecule has 0 heterocycles. The number of amides is 2. The average Bonchev–Trinajstić information content (AvgIpc) is 2.92. The summed E-state index contributed by atoms with van der Waals surface area (Å²) >= 11 is 0. The Kier molecular flexibility index (Phi) is 7.45. The van der Waals surface area contributed by atoms with Gasteiger partial charge in [0.05, 0.1) is 6.61 Å². The highest BCUT2D eigenvalue weighted by molar-refractivity contribution is 5.86. The largest absolute Gasteiger partial charge is 0.480 e. The minimum atomic E-state index is -1.11. The molecule has 7 nitrogen and oxygen atoms in total. The van der Waals surface area contributed by atoms with Gasteiger partial charge in [-0.1, -0.05) is 12.8 Å². The van der Waals surface area contributed by atoms with Gasteiger partial charge in [-0.15, -0.1) is 0 Å². The molecule has 0 atom stereocenters. The van der Waals surface area contributed by atoms with Gasteiger partial charge in [0.1, 0.15) is 5.54 Å². The molecule has 1 fully saturated rings. The van der Waals surface area contributed by atoms with Crippen molar-refractivity contribution in [1.82, 2.24) is 10.2 Å². The van der Waals surface area contributed by atoms with E-state index in [0.29, 0.717) is 45.6 Å². The zero-order valence-electron chi connectivity index (χ0n) is 12.9. The average molecular weight is 302 g/mol. The van der Waals surface area contributed by atoms with Gasteiger partial charge in [0.15, 0.2) is 0 Å². The number of carbonyl (C=O) groups excluding carboxylic acids is 1. The molecule has 0 saturated heterocycles. The first kappa shape index (κ1) is 17.7. The van der Waals surface area contributed by atoms with Gasteiger partial charge < -0.3 is 24.8 Å². The molecule has 0 aromatic heterocycles. The number of urea groups is 1. The molecule has 0 aromatic rings. The first-order valence-electron chi connectivity index (χ1n) is 7.34. The molecule has 0 unspecified atom stereocenters. The molecule has 0 bridgehead atoms. The summed E-state index contributed by atoms with van der Waals surface area (Å²) in [7, 11) is 3.18. The van der Waals surface area contributed by atoms with Gasteiger partial charge >= 0.3 is 12.0 Å². The summed E-state index contributed by atoms with van der Waals surface area (Å²) in [6.45, 7) is 1.92. The summed E-state index contributed by atoms with van der Waals surface area (Å²) in [5.41, 5.74) is -1.11. The van der Waals surface area contributed by atoms with Crippen molar-refractivity contribution in [3.63, 3.8) is 0 Å². The maximum Gasteiger partial charge on any atom is 0.329 e. The third-order valence-electron chi connectivity index (χ3n) is 3.84.